The number of nitrogens with one attached hydrogen (secondary N) is 1. The third-order valence-electron chi connectivity index (χ3n) is 5.33. The monoisotopic (exact) mass is 417 g/mol. The van der Waals surface area contributed by atoms with Crippen LogP contribution in [0.25, 0.3) is 0 Å². The molecule has 4 rings (SSSR count). The first-order valence-electron chi connectivity index (χ1n) is 10.6. The number of benzene rings is 1. The molecule has 3 heterocycles. The van der Waals surface area contributed by atoms with Crippen LogP contribution in [0.1, 0.15) is 35.8 Å². The van der Waals surface area contributed by atoms with Crippen molar-refractivity contribution in [1.82, 2.24) is 19.9 Å². The number of amides is 1. The molecule has 31 heavy (non-hydrogen) atoms. The summed E-state index contributed by atoms with van der Waals surface area (Å²) >= 11 is 0. The number of aromatic nitrogens is 3. The standard InChI is InChI=1S/C24H27N5O2/c1-17-10-11-25-22(13-17)28-23-14-21(26-18(2)27-23)19-7-6-12-29(15-19)24(30)16-31-20-8-4-3-5-9-20/h3-5,8-11,13-14,19H,6-7,12,15-16H2,1-2H3,(H,25,26,27,28). The molecular weight excluding hydrogens is 390 g/mol. The molecule has 0 bridgehead atoms. The second-order valence-corrected chi connectivity index (χ2v) is 7.85. The summed E-state index contributed by atoms with van der Waals surface area (Å²) in [6.45, 7) is 5.34. The molecule has 1 aliphatic heterocycles. The van der Waals surface area contributed by atoms with Crippen LogP contribution in [0.15, 0.2) is 54.7 Å². The lowest BCUT2D eigenvalue weighted by molar-refractivity contribution is -0.134. The normalized spacial score (nSPS) is 16.1. The van der Waals surface area contributed by atoms with Crippen LogP contribution in [0, 0.1) is 13.8 Å². The van der Waals surface area contributed by atoms with Crippen LogP contribution in [-0.2, 0) is 4.79 Å². The van der Waals surface area contributed by atoms with Crippen LogP contribution in [0.5, 0.6) is 5.75 Å². The zero-order valence-corrected chi connectivity index (χ0v) is 17.9. The van der Waals surface area contributed by atoms with Gasteiger partial charge >= 0.3 is 0 Å². The molecule has 0 saturated carbocycles. The average molecular weight is 418 g/mol. The molecule has 160 valence electrons. The number of hydrogen-bond donors (Lipinski definition) is 1. The maximum Gasteiger partial charge on any atom is 0.260 e. The molecule has 0 radical (unpaired) electrons. The fraction of sp³-hybridized carbons (Fsp3) is 0.333. The number of rotatable bonds is 6. The summed E-state index contributed by atoms with van der Waals surface area (Å²) in [5, 5.41) is 3.27. The molecule has 0 spiro atoms. The highest BCUT2D eigenvalue weighted by Crippen LogP contribution is 2.28. The van der Waals surface area contributed by atoms with E-state index in [1.54, 1.807) is 6.20 Å². The Labute approximate surface area is 182 Å². The van der Waals surface area contributed by atoms with E-state index in [1.807, 2.05) is 67.3 Å². The van der Waals surface area contributed by atoms with Gasteiger partial charge in [0.05, 0.1) is 5.69 Å². The van der Waals surface area contributed by atoms with E-state index in [-0.39, 0.29) is 18.4 Å². The second kappa shape index (κ2) is 9.55. The number of carbonyl (C=O) groups is 1. The molecule has 1 N–H and O–H groups in total. The van der Waals surface area contributed by atoms with Crippen LogP contribution in [0.4, 0.5) is 11.6 Å². The van der Waals surface area contributed by atoms with Crippen molar-refractivity contribution in [3.05, 3.63) is 71.8 Å². The molecule has 1 aliphatic rings. The Balaban J connectivity index is 1.42. The Kier molecular flexibility index (Phi) is 6.40. The highest BCUT2D eigenvalue weighted by atomic mass is 16.5. The van der Waals surface area contributed by atoms with Gasteiger partial charge in [0.2, 0.25) is 0 Å². The molecule has 7 heteroatoms. The lowest BCUT2D eigenvalue weighted by Gasteiger charge is -2.32. The summed E-state index contributed by atoms with van der Waals surface area (Å²) in [5.41, 5.74) is 2.08. The smallest absolute Gasteiger partial charge is 0.260 e. The Morgan fingerprint density at radius 2 is 1.97 bits per heavy atom. The fourth-order valence-electron chi connectivity index (χ4n) is 3.80. The van der Waals surface area contributed by atoms with Crippen molar-refractivity contribution in [3.8, 4) is 5.75 Å². The topological polar surface area (TPSA) is 80.2 Å². The summed E-state index contributed by atoms with van der Waals surface area (Å²) in [6.07, 6.45) is 3.70. The van der Waals surface area contributed by atoms with Crippen LogP contribution in [-0.4, -0.2) is 45.5 Å². The van der Waals surface area contributed by atoms with E-state index in [4.69, 9.17) is 4.74 Å². The fourth-order valence-corrected chi connectivity index (χ4v) is 3.80. The second-order valence-electron chi connectivity index (χ2n) is 7.85. The molecule has 0 aliphatic carbocycles. The van der Waals surface area contributed by atoms with Crippen molar-refractivity contribution >= 4 is 17.5 Å². The zero-order valence-electron chi connectivity index (χ0n) is 17.9. The molecule has 2 aromatic heterocycles. The van der Waals surface area contributed by atoms with Gasteiger partial charge in [0.15, 0.2) is 6.61 Å². The van der Waals surface area contributed by atoms with E-state index in [9.17, 15) is 4.79 Å². The third kappa shape index (κ3) is 5.57. The van der Waals surface area contributed by atoms with Crippen LogP contribution in [0.3, 0.4) is 0 Å². The molecule has 7 nitrogen and oxygen atoms in total. The predicted molar refractivity (Wildman–Crippen MR) is 120 cm³/mol. The Morgan fingerprint density at radius 3 is 2.77 bits per heavy atom. The third-order valence-corrected chi connectivity index (χ3v) is 5.33. The van der Waals surface area contributed by atoms with Crippen molar-refractivity contribution in [2.75, 3.05) is 25.0 Å². The van der Waals surface area contributed by atoms with Gasteiger partial charge in [-0.05, 0) is 56.5 Å². The number of para-hydroxylation sites is 1. The van der Waals surface area contributed by atoms with Gasteiger partial charge in [-0.3, -0.25) is 4.79 Å². The highest BCUT2D eigenvalue weighted by molar-refractivity contribution is 5.78. The molecule has 1 fully saturated rings. The zero-order chi connectivity index (χ0) is 21.6. The van der Waals surface area contributed by atoms with Crippen LogP contribution >= 0.6 is 0 Å². The summed E-state index contributed by atoms with van der Waals surface area (Å²) < 4.78 is 5.64. The number of anilines is 2. The van der Waals surface area contributed by atoms with E-state index >= 15 is 0 Å². The number of carbonyl (C=O) groups excluding carboxylic acids is 1. The van der Waals surface area contributed by atoms with E-state index in [2.05, 4.69) is 20.3 Å². The van der Waals surface area contributed by atoms with E-state index in [0.29, 0.717) is 18.1 Å². The molecule has 1 atom stereocenters. The number of nitrogens with zero attached hydrogens (tertiary/aromatic N) is 4. The summed E-state index contributed by atoms with van der Waals surface area (Å²) in [6, 6.07) is 15.3. The van der Waals surface area contributed by atoms with Crippen molar-refractivity contribution in [1.29, 1.82) is 0 Å². The number of piperidine rings is 1. The Morgan fingerprint density at radius 1 is 1.13 bits per heavy atom. The van der Waals surface area contributed by atoms with E-state index in [0.717, 1.165) is 42.3 Å². The molecule has 1 unspecified atom stereocenters. The minimum absolute atomic E-state index is 0.00152. The van der Waals surface area contributed by atoms with Crippen LogP contribution < -0.4 is 10.1 Å². The van der Waals surface area contributed by atoms with Crippen molar-refractivity contribution in [2.24, 2.45) is 0 Å². The number of pyridine rings is 1. The van der Waals surface area contributed by atoms with Crippen molar-refractivity contribution < 1.29 is 9.53 Å². The van der Waals surface area contributed by atoms with Gasteiger partial charge in [0.1, 0.15) is 23.2 Å². The summed E-state index contributed by atoms with van der Waals surface area (Å²) in [4.78, 5) is 28.1. The molecule has 1 saturated heterocycles. The largest absolute Gasteiger partial charge is 0.484 e. The van der Waals surface area contributed by atoms with Gasteiger partial charge in [-0.25, -0.2) is 15.0 Å². The number of aryl methyl sites for hydroxylation is 2. The van der Waals surface area contributed by atoms with Gasteiger partial charge < -0.3 is 15.0 Å². The van der Waals surface area contributed by atoms with E-state index in [1.165, 1.54) is 0 Å². The lowest BCUT2D eigenvalue weighted by atomic mass is 9.94. The van der Waals surface area contributed by atoms with Gasteiger partial charge in [0, 0.05) is 31.3 Å². The van der Waals surface area contributed by atoms with E-state index < -0.39 is 0 Å². The predicted octanol–water partition coefficient (Wildman–Crippen LogP) is 4.02. The highest BCUT2D eigenvalue weighted by Gasteiger charge is 2.26. The molecule has 3 aromatic rings. The first-order chi connectivity index (χ1) is 15.1. The number of hydrogen-bond acceptors (Lipinski definition) is 6. The van der Waals surface area contributed by atoms with Gasteiger partial charge in [-0.1, -0.05) is 18.2 Å². The first kappa shape index (κ1) is 20.8. The Hall–Kier alpha value is -3.48. The summed E-state index contributed by atoms with van der Waals surface area (Å²) in [5.74, 6) is 3.04. The quantitative estimate of drug-likeness (QED) is 0.653. The Bertz CT molecular complexity index is 1040. The van der Waals surface area contributed by atoms with Crippen LogP contribution in [0.2, 0.25) is 0 Å². The van der Waals surface area contributed by atoms with Crippen molar-refractivity contribution in [3.63, 3.8) is 0 Å². The SMILES string of the molecule is Cc1ccnc(Nc2cc(C3CCCN(C(=O)COc4ccccc4)C3)nc(C)n2)c1. The molecular formula is C24H27N5O2. The first-order valence-corrected chi connectivity index (χ1v) is 10.6. The lowest BCUT2D eigenvalue weighted by Crippen LogP contribution is -2.41. The average Bonchev–Trinajstić information content (AvgIpc) is 2.78. The minimum atomic E-state index is 0.00152. The number of likely N-dealkylation sites (tertiary alicyclic amines) is 1. The number of ether oxygens (including phenoxy) is 1. The molecule has 1 amide bonds. The maximum absolute atomic E-state index is 12.7. The van der Waals surface area contributed by atoms with Crippen molar-refractivity contribution in [2.45, 2.75) is 32.6 Å². The van der Waals surface area contributed by atoms with Gasteiger partial charge in [-0.15, -0.1) is 0 Å². The molecule has 1 aromatic carbocycles. The summed E-state index contributed by atoms with van der Waals surface area (Å²) in [7, 11) is 0. The minimum Gasteiger partial charge on any atom is -0.484 e. The van der Waals surface area contributed by atoms with Gasteiger partial charge in [-0.2, -0.15) is 0 Å². The maximum atomic E-state index is 12.7. The van der Waals surface area contributed by atoms with Gasteiger partial charge in [0.25, 0.3) is 5.91 Å².